The van der Waals surface area contributed by atoms with Crippen LogP contribution in [0.3, 0.4) is 0 Å². The molecule has 2 amide bonds. The van der Waals surface area contributed by atoms with Crippen LogP contribution in [0.5, 0.6) is 0 Å². The van der Waals surface area contributed by atoms with E-state index in [0.29, 0.717) is 12.8 Å². The van der Waals surface area contributed by atoms with Gasteiger partial charge in [0.1, 0.15) is 0 Å². The van der Waals surface area contributed by atoms with Crippen LogP contribution in [0.4, 0.5) is 0 Å². The van der Waals surface area contributed by atoms with E-state index < -0.39 is 0 Å². The fourth-order valence-corrected chi connectivity index (χ4v) is 1.94. The summed E-state index contributed by atoms with van der Waals surface area (Å²) in [6, 6.07) is 7.52. The lowest BCUT2D eigenvalue weighted by atomic mass is 10.1. The highest BCUT2D eigenvalue weighted by Gasteiger charge is 2.30. The van der Waals surface area contributed by atoms with Crippen LogP contribution in [0.25, 0.3) is 0 Å². The number of nitrogens with two attached hydrogens (primary N) is 1. The van der Waals surface area contributed by atoms with Gasteiger partial charge in [0.25, 0.3) is 0 Å². The van der Waals surface area contributed by atoms with Crippen molar-refractivity contribution < 1.29 is 9.59 Å². The van der Waals surface area contributed by atoms with Crippen molar-refractivity contribution in [1.82, 2.24) is 4.90 Å². The van der Waals surface area contributed by atoms with Crippen LogP contribution in [0.15, 0.2) is 24.3 Å². The quantitative estimate of drug-likeness (QED) is 0.795. The molecule has 1 fully saturated rings. The fraction of sp³-hybridized carbons (Fsp3) is 0.385. The summed E-state index contributed by atoms with van der Waals surface area (Å²) in [5, 5.41) is 0. The molecule has 0 radical (unpaired) electrons. The molecule has 2 rings (SSSR count). The van der Waals surface area contributed by atoms with Crippen LogP contribution in [0.1, 0.15) is 30.0 Å². The van der Waals surface area contributed by atoms with Crippen LogP contribution < -0.4 is 5.73 Å². The Labute approximate surface area is 100 Å². The number of imide groups is 1. The molecule has 1 aromatic carbocycles. The van der Waals surface area contributed by atoms with Gasteiger partial charge >= 0.3 is 0 Å². The maximum absolute atomic E-state index is 11.5. The van der Waals surface area contributed by atoms with Crippen molar-refractivity contribution in [2.45, 2.75) is 25.8 Å². The number of carbonyl (C=O) groups is 2. The van der Waals surface area contributed by atoms with Gasteiger partial charge in [-0.05, 0) is 12.5 Å². The maximum atomic E-state index is 11.5. The zero-order chi connectivity index (χ0) is 12.4. The highest BCUT2D eigenvalue weighted by atomic mass is 16.2. The molecule has 0 aromatic heterocycles. The van der Waals surface area contributed by atoms with Crippen LogP contribution in [0.2, 0.25) is 0 Å². The van der Waals surface area contributed by atoms with Gasteiger partial charge in [0, 0.05) is 25.4 Å². The Balaban J connectivity index is 2.06. The van der Waals surface area contributed by atoms with Crippen LogP contribution in [0, 0.1) is 6.92 Å². The summed E-state index contributed by atoms with van der Waals surface area (Å²) in [5.74, 6) is -0.227. The number of hydrogen-bond acceptors (Lipinski definition) is 3. The second-order valence-corrected chi connectivity index (χ2v) is 4.42. The minimum atomic E-state index is -0.304. The summed E-state index contributed by atoms with van der Waals surface area (Å²) in [6.45, 7) is 2.28. The van der Waals surface area contributed by atoms with Crippen molar-refractivity contribution in [3.8, 4) is 0 Å². The van der Waals surface area contributed by atoms with Gasteiger partial charge in [-0.15, -0.1) is 0 Å². The van der Waals surface area contributed by atoms with E-state index in [9.17, 15) is 9.59 Å². The minimum Gasteiger partial charge on any atom is -0.322 e. The van der Waals surface area contributed by atoms with E-state index in [1.54, 1.807) is 0 Å². The number of benzene rings is 1. The second-order valence-electron chi connectivity index (χ2n) is 4.42. The van der Waals surface area contributed by atoms with Crippen molar-refractivity contribution in [3.05, 3.63) is 35.4 Å². The van der Waals surface area contributed by atoms with Gasteiger partial charge in [-0.2, -0.15) is 0 Å². The first-order valence-corrected chi connectivity index (χ1v) is 5.73. The molecule has 4 heteroatoms. The number of aryl methyl sites for hydroxylation is 1. The topological polar surface area (TPSA) is 63.4 Å². The molecule has 1 aliphatic rings. The van der Waals surface area contributed by atoms with E-state index in [1.165, 1.54) is 4.90 Å². The molecule has 0 saturated carbocycles. The standard InChI is InChI=1S/C13H16N2O2/c1-9-2-4-10(5-3-9)11(14)8-15-12(16)6-7-13(15)17/h2-5,11H,6-8,14H2,1H3. The molecule has 1 heterocycles. The molecule has 2 N–H and O–H groups in total. The predicted octanol–water partition coefficient (Wildman–Crippen LogP) is 1.14. The van der Waals surface area contributed by atoms with E-state index in [0.717, 1.165) is 11.1 Å². The predicted molar refractivity (Wildman–Crippen MR) is 64.1 cm³/mol. The summed E-state index contributed by atoms with van der Waals surface area (Å²) in [7, 11) is 0. The molecule has 0 aliphatic carbocycles. The highest BCUT2D eigenvalue weighted by Crippen LogP contribution is 2.17. The number of nitrogens with zero attached hydrogens (tertiary/aromatic N) is 1. The molecular formula is C13H16N2O2. The molecule has 1 saturated heterocycles. The van der Waals surface area contributed by atoms with Crippen molar-refractivity contribution in [3.63, 3.8) is 0 Å². The first kappa shape index (κ1) is 11.8. The molecule has 1 atom stereocenters. The van der Waals surface area contributed by atoms with Gasteiger partial charge in [0.05, 0.1) is 0 Å². The van der Waals surface area contributed by atoms with Crippen molar-refractivity contribution in [2.75, 3.05) is 6.54 Å². The Morgan fingerprint density at radius 2 is 1.71 bits per heavy atom. The number of hydrogen-bond donors (Lipinski definition) is 1. The van der Waals surface area contributed by atoms with Gasteiger partial charge in [0.2, 0.25) is 11.8 Å². The minimum absolute atomic E-state index is 0.113. The monoisotopic (exact) mass is 232 g/mol. The van der Waals surface area contributed by atoms with Gasteiger partial charge in [0.15, 0.2) is 0 Å². The summed E-state index contributed by atoms with van der Waals surface area (Å²) in [4.78, 5) is 24.2. The van der Waals surface area contributed by atoms with Gasteiger partial charge < -0.3 is 5.73 Å². The van der Waals surface area contributed by atoms with E-state index >= 15 is 0 Å². The number of rotatable bonds is 3. The molecule has 0 spiro atoms. The third kappa shape index (κ3) is 2.53. The zero-order valence-electron chi connectivity index (χ0n) is 9.85. The number of likely N-dealkylation sites (tertiary alicyclic amines) is 1. The summed E-state index contributed by atoms with van der Waals surface area (Å²) >= 11 is 0. The Hall–Kier alpha value is -1.68. The Kier molecular flexibility index (Phi) is 3.24. The van der Waals surface area contributed by atoms with Crippen molar-refractivity contribution >= 4 is 11.8 Å². The smallest absolute Gasteiger partial charge is 0.229 e. The largest absolute Gasteiger partial charge is 0.322 e. The SMILES string of the molecule is Cc1ccc(C(N)CN2C(=O)CCC2=O)cc1. The molecule has 0 bridgehead atoms. The van der Waals surface area contributed by atoms with Gasteiger partial charge in [-0.1, -0.05) is 29.8 Å². The lowest BCUT2D eigenvalue weighted by Crippen LogP contribution is -2.36. The number of amides is 2. The molecule has 1 unspecified atom stereocenters. The molecule has 17 heavy (non-hydrogen) atoms. The molecule has 90 valence electrons. The van der Waals surface area contributed by atoms with E-state index in [2.05, 4.69) is 0 Å². The summed E-state index contributed by atoms with van der Waals surface area (Å²) in [6.07, 6.45) is 0.638. The third-order valence-electron chi connectivity index (χ3n) is 3.04. The lowest BCUT2D eigenvalue weighted by Gasteiger charge is -2.19. The average molecular weight is 232 g/mol. The first-order valence-electron chi connectivity index (χ1n) is 5.73. The van der Waals surface area contributed by atoms with Gasteiger partial charge in [-0.3, -0.25) is 14.5 Å². The van der Waals surface area contributed by atoms with E-state index in [-0.39, 0.29) is 24.4 Å². The summed E-state index contributed by atoms with van der Waals surface area (Å²) < 4.78 is 0. The maximum Gasteiger partial charge on any atom is 0.229 e. The van der Waals surface area contributed by atoms with Crippen LogP contribution >= 0.6 is 0 Å². The fourth-order valence-electron chi connectivity index (χ4n) is 1.94. The lowest BCUT2D eigenvalue weighted by molar-refractivity contribution is -0.138. The molecule has 1 aliphatic heterocycles. The van der Waals surface area contributed by atoms with Crippen LogP contribution in [-0.2, 0) is 9.59 Å². The summed E-state index contributed by atoms with van der Waals surface area (Å²) in [5.41, 5.74) is 8.11. The Bertz CT molecular complexity index is 423. The van der Waals surface area contributed by atoms with E-state index in [1.807, 2.05) is 31.2 Å². The molecular weight excluding hydrogens is 216 g/mol. The average Bonchev–Trinajstić information content (AvgIpc) is 2.61. The zero-order valence-corrected chi connectivity index (χ0v) is 9.85. The normalized spacial score (nSPS) is 17.6. The van der Waals surface area contributed by atoms with Gasteiger partial charge in [-0.25, -0.2) is 0 Å². The third-order valence-corrected chi connectivity index (χ3v) is 3.04. The van der Waals surface area contributed by atoms with Crippen molar-refractivity contribution in [2.24, 2.45) is 5.73 Å². The highest BCUT2D eigenvalue weighted by molar-refractivity contribution is 6.01. The Morgan fingerprint density at radius 1 is 1.18 bits per heavy atom. The van der Waals surface area contributed by atoms with E-state index in [4.69, 9.17) is 5.73 Å². The first-order chi connectivity index (χ1) is 8.08. The number of carbonyl (C=O) groups excluding carboxylic acids is 2. The van der Waals surface area contributed by atoms with Crippen LogP contribution in [-0.4, -0.2) is 23.3 Å². The molecule has 4 nitrogen and oxygen atoms in total. The molecule has 1 aromatic rings. The second kappa shape index (κ2) is 4.67. The Morgan fingerprint density at radius 3 is 2.24 bits per heavy atom. The van der Waals surface area contributed by atoms with Crippen molar-refractivity contribution in [1.29, 1.82) is 0 Å².